The first-order valence-corrected chi connectivity index (χ1v) is 7.58. The zero-order valence-corrected chi connectivity index (χ0v) is 12.4. The Morgan fingerprint density at radius 1 is 1.35 bits per heavy atom. The Bertz CT molecular complexity index is 597. The molecule has 104 valence electrons. The lowest BCUT2D eigenvalue weighted by Gasteiger charge is -2.33. The Morgan fingerprint density at radius 3 is 2.95 bits per heavy atom. The molecule has 1 aromatic carbocycles. The summed E-state index contributed by atoms with van der Waals surface area (Å²) in [6.07, 6.45) is 5.82. The van der Waals surface area contributed by atoms with Crippen molar-refractivity contribution >= 4 is 11.6 Å². The minimum Gasteiger partial charge on any atom is -0.310 e. The van der Waals surface area contributed by atoms with Crippen molar-refractivity contribution in [1.29, 1.82) is 0 Å². The zero-order chi connectivity index (χ0) is 13.9. The number of aromatic nitrogens is 1. The van der Waals surface area contributed by atoms with Gasteiger partial charge in [0.2, 0.25) is 0 Å². The molecule has 1 aliphatic rings. The van der Waals surface area contributed by atoms with Gasteiger partial charge >= 0.3 is 0 Å². The van der Waals surface area contributed by atoms with Crippen molar-refractivity contribution in [3.05, 3.63) is 64.4 Å². The molecular formula is C17H19ClN2. The van der Waals surface area contributed by atoms with Gasteiger partial charge in [0.15, 0.2) is 0 Å². The number of rotatable bonds is 5. The van der Waals surface area contributed by atoms with E-state index in [1.807, 2.05) is 12.3 Å². The van der Waals surface area contributed by atoms with E-state index < -0.39 is 0 Å². The fourth-order valence-corrected chi connectivity index (χ4v) is 3.34. The van der Waals surface area contributed by atoms with Crippen molar-refractivity contribution in [2.24, 2.45) is 0 Å². The predicted octanol–water partition coefficient (Wildman–Crippen LogP) is 4.12. The van der Waals surface area contributed by atoms with Gasteiger partial charge < -0.3 is 5.32 Å². The minimum atomic E-state index is 0.300. The van der Waals surface area contributed by atoms with Crippen LogP contribution < -0.4 is 5.32 Å². The van der Waals surface area contributed by atoms with E-state index in [9.17, 15) is 0 Å². The molecule has 3 heteroatoms. The van der Waals surface area contributed by atoms with Crippen LogP contribution >= 0.6 is 11.6 Å². The maximum atomic E-state index is 6.30. The highest BCUT2D eigenvalue weighted by Gasteiger charge is 2.28. The summed E-state index contributed by atoms with van der Waals surface area (Å²) in [7, 11) is 0. The standard InChI is InChI=1S/C17H19ClN2/c1-2-20-17(15-7-8-19-11-16(15)18)10-13-9-12-5-3-4-6-14(12)13/h3-8,11,13,17,20H,2,9-10H2,1H3. The highest BCUT2D eigenvalue weighted by molar-refractivity contribution is 6.31. The first kappa shape index (κ1) is 13.6. The van der Waals surface area contributed by atoms with E-state index in [1.165, 1.54) is 17.5 Å². The number of halogens is 1. The zero-order valence-electron chi connectivity index (χ0n) is 11.6. The van der Waals surface area contributed by atoms with Gasteiger partial charge in [-0.1, -0.05) is 42.8 Å². The van der Waals surface area contributed by atoms with Crippen LogP contribution in [-0.4, -0.2) is 11.5 Å². The van der Waals surface area contributed by atoms with Crippen LogP contribution in [0.25, 0.3) is 0 Å². The normalized spacial score (nSPS) is 18.2. The Morgan fingerprint density at radius 2 is 2.20 bits per heavy atom. The molecule has 3 rings (SSSR count). The largest absolute Gasteiger partial charge is 0.310 e. The predicted molar refractivity (Wildman–Crippen MR) is 83.2 cm³/mol. The molecule has 2 nitrogen and oxygen atoms in total. The quantitative estimate of drug-likeness (QED) is 0.894. The van der Waals surface area contributed by atoms with Crippen LogP contribution in [0.3, 0.4) is 0 Å². The second-order valence-corrected chi connectivity index (χ2v) is 5.75. The Labute approximate surface area is 125 Å². The van der Waals surface area contributed by atoms with Gasteiger partial charge in [0.25, 0.3) is 0 Å². The van der Waals surface area contributed by atoms with Crippen LogP contribution in [0, 0.1) is 0 Å². The molecule has 1 N–H and O–H groups in total. The summed E-state index contributed by atoms with van der Waals surface area (Å²) in [5.41, 5.74) is 4.15. The second-order valence-electron chi connectivity index (χ2n) is 5.34. The molecule has 0 fully saturated rings. The summed E-state index contributed by atoms with van der Waals surface area (Å²) < 4.78 is 0. The van der Waals surface area contributed by atoms with Gasteiger partial charge in [-0.3, -0.25) is 4.98 Å². The van der Waals surface area contributed by atoms with E-state index in [4.69, 9.17) is 11.6 Å². The molecular weight excluding hydrogens is 268 g/mol. The maximum Gasteiger partial charge on any atom is 0.0637 e. The van der Waals surface area contributed by atoms with Crippen LogP contribution in [0.15, 0.2) is 42.7 Å². The third-order valence-electron chi connectivity index (χ3n) is 4.11. The monoisotopic (exact) mass is 286 g/mol. The number of fused-ring (bicyclic) bond motifs is 1. The average Bonchev–Trinajstić information content (AvgIpc) is 2.44. The molecule has 1 aliphatic carbocycles. The summed E-state index contributed by atoms with van der Waals surface area (Å²) in [6.45, 7) is 3.08. The lowest BCUT2D eigenvalue weighted by molar-refractivity contribution is 0.436. The Balaban J connectivity index is 1.78. The number of nitrogens with one attached hydrogen (secondary N) is 1. The van der Waals surface area contributed by atoms with Crippen LogP contribution in [0.1, 0.15) is 42.0 Å². The van der Waals surface area contributed by atoms with Crippen LogP contribution in [0.2, 0.25) is 5.02 Å². The van der Waals surface area contributed by atoms with Gasteiger partial charge in [-0.05, 0) is 48.1 Å². The van der Waals surface area contributed by atoms with E-state index >= 15 is 0 Å². The summed E-state index contributed by atoms with van der Waals surface area (Å²) in [5.74, 6) is 0.638. The molecule has 0 saturated carbocycles. The summed E-state index contributed by atoms with van der Waals surface area (Å²) in [6, 6.07) is 11.1. The number of benzene rings is 1. The SMILES string of the molecule is CCNC(CC1Cc2ccccc21)c1ccncc1Cl. The van der Waals surface area contributed by atoms with Crippen molar-refractivity contribution in [3.63, 3.8) is 0 Å². The summed E-state index contributed by atoms with van der Waals surface area (Å²) >= 11 is 6.30. The molecule has 1 heterocycles. The van der Waals surface area contributed by atoms with Crippen LogP contribution in [0.5, 0.6) is 0 Å². The molecule has 2 unspecified atom stereocenters. The molecule has 1 aromatic heterocycles. The van der Waals surface area contributed by atoms with E-state index in [0.29, 0.717) is 12.0 Å². The highest BCUT2D eigenvalue weighted by Crippen LogP contribution is 2.41. The van der Waals surface area contributed by atoms with Gasteiger partial charge in [-0.2, -0.15) is 0 Å². The molecule has 0 bridgehead atoms. The number of nitrogens with zero attached hydrogens (tertiary/aromatic N) is 1. The lowest BCUT2D eigenvalue weighted by atomic mass is 9.74. The van der Waals surface area contributed by atoms with Crippen LogP contribution in [-0.2, 0) is 6.42 Å². The van der Waals surface area contributed by atoms with Crippen molar-refractivity contribution in [2.45, 2.75) is 31.7 Å². The topological polar surface area (TPSA) is 24.9 Å². The fourth-order valence-electron chi connectivity index (χ4n) is 3.09. The molecule has 0 radical (unpaired) electrons. The Kier molecular flexibility index (Phi) is 4.04. The van der Waals surface area contributed by atoms with Gasteiger partial charge in [0, 0.05) is 18.4 Å². The molecule has 0 amide bonds. The maximum absolute atomic E-state index is 6.30. The first-order valence-electron chi connectivity index (χ1n) is 7.20. The highest BCUT2D eigenvalue weighted by atomic mass is 35.5. The average molecular weight is 287 g/mol. The van der Waals surface area contributed by atoms with Gasteiger partial charge in [-0.15, -0.1) is 0 Å². The molecule has 20 heavy (non-hydrogen) atoms. The molecule has 0 saturated heterocycles. The fraction of sp³-hybridized carbons (Fsp3) is 0.353. The smallest absolute Gasteiger partial charge is 0.0637 e. The number of hydrogen-bond acceptors (Lipinski definition) is 2. The van der Waals surface area contributed by atoms with Crippen molar-refractivity contribution < 1.29 is 0 Å². The van der Waals surface area contributed by atoms with E-state index in [-0.39, 0.29) is 0 Å². The third-order valence-corrected chi connectivity index (χ3v) is 4.43. The van der Waals surface area contributed by atoms with Crippen LogP contribution in [0.4, 0.5) is 0 Å². The van der Waals surface area contributed by atoms with Crippen molar-refractivity contribution in [3.8, 4) is 0 Å². The Hall–Kier alpha value is -1.38. The lowest BCUT2D eigenvalue weighted by Crippen LogP contribution is -2.27. The van der Waals surface area contributed by atoms with E-state index in [0.717, 1.165) is 23.6 Å². The van der Waals surface area contributed by atoms with Crippen molar-refractivity contribution in [2.75, 3.05) is 6.54 Å². The summed E-state index contributed by atoms with van der Waals surface area (Å²) in [5, 5.41) is 4.31. The van der Waals surface area contributed by atoms with Crippen molar-refractivity contribution in [1.82, 2.24) is 10.3 Å². The van der Waals surface area contributed by atoms with E-state index in [2.05, 4.69) is 41.5 Å². The number of pyridine rings is 1. The molecule has 2 aromatic rings. The first-order chi connectivity index (χ1) is 9.79. The van der Waals surface area contributed by atoms with E-state index in [1.54, 1.807) is 6.20 Å². The van der Waals surface area contributed by atoms with Gasteiger partial charge in [0.05, 0.1) is 5.02 Å². The second kappa shape index (κ2) is 5.94. The molecule has 2 atom stereocenters. The summed E-state index contributed by atoms with van der Waals surface area (Å²) in [4.78, 5) is 4.08. The molecule has 0 spiro atoms. The van der Waals surface area contributed by atoms with Gasteiger partial charge in [-0.25, -0.2) is 0 Å². The third kappa shape index (κ3) is 2.58. The number of hydrogen-bond donors (Lipinski definition) is 1. The minimum absolute atomic E-state index is 0.300. The van der Waals surface area contributed by atoms with Gasteiger partial charge in [0.1, 0.15) is 0 Å². The molecule has 0 aliphatic heterocycles.